The number of hydrogen-bond acceptors (Lipinski definition) is 6. The van der Waals surface area contributed by atoms with Crippen LogP contribution in [0.5, 0.6) is 5.75 Å². The summed E-state index contributed by atoms with van der Waals surface area (Å²) in [4.78, 5) is 25.3. The van der Waals surface area contributed by atoms with Crippen molar-refractivity contribution in [1.82, 2.24) is 14.1 Å². The van der Waals surface area contributed by atoms with Crippen molar-refractivity contribution < 1.29 is 22.7 Å². The van der Waals surface area contributed by atoms with Gasteiger partial charge in [-0.2, -0.15) is 9.40 Å². The lowest BCUT2D eigenvalue weighted by Gasteiger charge is -2.23. The molecule has 3 aromatic rings. The van der Waals surface area contributed by atoms with Gasteiger partial charge in [-0.25, -0.2) is 8.42 Å². The van der Waals surface area contributed by atoms with Crippen molar-refractivity contribution in [2.75, 3.05) is 24.3 Å². The quantitative estimate of drug-likeness (QED) is 0.507. The number of benzene rings is 2. The van der Waals surface area contributed by atoms with Gasteiger partial charge < -0.3 is 15.4 Å². The summed E-state index contributed by atoms with van der Waals surface area (Å²) in [6, 6.07) is 14.2. The minimum atomic E-state index is -3.78. The Kier molecular flexibility index (Phi) is 6.94. The Morgan fingerprint density at radius 1 is 1.06 bits per heavy atom. The highest BCUT2D eigenvalue weighted by Crippen LogP contribution is 2.27. The first-order chi connectivity index (χ1) is 16.4. The van der Waals surface area contributed by atoms with Gasteiger partial charge in [0.05, 0.1) is 23.9 Å². The van der Waals surface area contributed by atoms with Crippen LogP contribution < -0.4 is 15.4 Å². The number of nitrogens with one attached hydrogen (secondary N) is 2. The van der Waals surface area contributed by atoms with Crippen LogP contribution in [0.4, 0.5) is 11.4 Å². The number of rotatable bonds is 8. The molecule has 1 fully saturated rings. The molecule has 0 aliphatic carbocycles. The maximum absolute atomic E-state index is 13.0. The highest BCUT2D eigenvalue weighted by atomic mass is 32.2. The van der Waals surface area contributed by atoms with Crippen molar-refractivity contribution in [3.05, 3.63) is 67.0 Å². The summed E-state index contributed by atoms with van der Waals surface area (Å²) in [7, 11) is -2.22. The number of nitrogens with zero attached hydrogens (tertiary/aromatic N) is 3. The third-order valence-corrected chi connectivity index (χ3v) is 7.36. The van der Waals surface area contributed by atoms with Gasteiger partial charge in [-0.15, -0.1) is 0 Å². The average Bonchev–Trinajstić information content (AvgIpc) is 3.50. The van der Waals surface area contributed by atoms with Crippen LogP contribution in [0, 0.1) is 0 Å². The molecule has 2 heterocycles. The molecule has 4 rings (SSSR count). The smallest absolute Gasteiger partial charge is 0.246 e. The van der Waals surface area contributed by atoms with E-state index in [0.717, 1.165) is 0 Å². The summed E-state index contributed by atoms with van der Waals surface area (Å²) in [5.74, 6) is -0.0378. The van der Waals surface area contributed by atoms with E-state index in [1.807, 2.05) is 0 Å². The fourth-order valence-corrected chi connectivity index (χ4v) is 5.46. The van der Waals surface area contributed by atoms with E-state index in [1.165, 1.54) is 33.5 Å². The first kappa shape index (κ1) is 23.5. The fourth-order valence-electron chi connectivity index (χ4n) is 3.78. The molecule has 1 aliphatic rings. The first-order valence-electron chi connectivity index (χ1n) is 10.7. The number of carbonyl (C=O) groups excluding carboxylic acids is 2. The molecular formula is C23H25N5O5S. The molecule has 1 saturated heterocycles. The van der Waals surface area contributed by atoms with Gasteiger partial charge in [0.25, 0.3) is 0 Å². The number of sulfonamides is 1. The Morgan fingerprint density at radius 3 is 2.50 bits per heavy atom. The molecule has 0 radical (unpaired) electrons. The first-order valence-corrected chi connectivity index (χ1v) is 12.1. The summed E-state index contributed by atoms with van der Waals surface area (Å²) < 4.78 is 33.7. The number of ether oxygens (including phenoxy) is 1. The third kappa shape index (κ3) is 5.26. The predicted octanol–water partition coefficient (Wildman–Crippen LogP) is 2.32. The van der Waals surface area contributed by atoms with E-state index in [-0.39, 0.29) is 23.9 Å². The van der Waals surface area contributed by atoms with E-state index < -0.39 is 22.0 Å². The van der Waals surface area contributed by atoms with Crippen LogP contribution in [-0.4, -0.2) is 54.0 Å². The molecule has 11 heteroatoms. The van der Waals surface area contributed by atoms with Gasteiger partial charge in [0.15, 0.2) is 0 Å². The van der Waals surface area contributed by atoms with E-state index in [9.17, 15) is 18.0 Å². The topological polar surface area (TPSA) is 123 Å². The van der Waals surface area contributed by atoms with Gasteiger partial charge in [-0.1, -0.05) is 18.2 Å². The second-order valence-corrected chi connectivity index (χ2v) is 9.67. The molecule has 0 spiro atoms. The molecule has 2 N–H and O–H groups in total. The monoisotopic (exact) mass is 483 g/mol. The van der Waals surface area contributed by atoms with Crippen molar-refractivity contribution in [1.29, 1.82) is 0 Å². The van der Waals surface area contributed by atoms with Crippen molar-refractivity contribution in [3.8, 4) is 5.75 Å². The molecular weight excluding hydrogens is 458 g/mol. The second kappa shape index (κ2) is 10.1. The molecule has 2 amide bonds. The van der Waals surface area contributed by atoms with Crippen LogP contribution in [0.1, 0.15) is 12.8 Å². The summed E-state index contributed by atoms with van der Waals surface area (Å²) in [5.41, 5.74) is 0.999. The number of hydrogen-bond donors (Lipinski definition) is 2. The third-order valence-electron chi connectivity index (χ3n) is 5.44. The number of methoxy groups -OCH3 is 1. The summed E-state index contributed by atoms with van der Waals surface area (Å²) >= 11 is 0. The molecule has 2 aromatic carbocycles. The number of anilines is 2. The maximum Gasteiger partial charge on any atom is 0.246 e. The lowest BCUT2D eigenvalue weighted by atomic mass is 10.2. The van der Waals surface area contributed by atoms with E-state index in [0.29, 0.717) is 30.0 Å². The normalized spacial score (nSPS) is 16.2. The summed E-state index contributed by atoms with van der Waals surface area (Å²) in [5, 5.41) is 9.59. The number of amides is 2. The summed E-state index contributed by atoms with van der Waals surface area (Å²) in [6.07, 6.45) is 3.96. The highest BCUT2D eigenvalue weighted by Gasteiger charge is 2.39. The minimum Gasteiger partial charge on any atom is -0.497 e. The minimum absolute atomic E-state index is 0.0557. The van der Waals surface area contributed by atoms with Crippen LogP contribution in [0.15, 0.2) is 71.9 Å². The van der Waals surface area contributed by atoms with Crippen molar-refractivity contribution in [3.63, 3.8) is 0 Å². The Morgan fingerprint density at radius 2 is 1.79 bits per heavy atom. The zero-order valence-corrected chi connectivity index (χ0v) is 19.4. The molecule has 1 unspecified atom stereocenters. The average molecular weight is 484 g/mol. The highest BCUT2D eigenvalue weighted by molar-refractivity contribution is 7.89. The fraction of sp³-hybridized carbons (Fsp3) is 0.261. The van der Waals surface area contributed by atoms with Crippen LogP contribution in [-0.2, 0) is 26.2 Å². The van der Waals surface area contributed by atoms with Gasteiger partial charge in [0.2, 0.25) is 21.8 Å². The number of carbonyl (C=O) groups is 2. The van der Waals surface area contributed by atoms with Crippen LogP contribution in [0.2, 0.25) is 0 Å². The zero-order chi connectivity index (χ0) is 24.1. The van der Waals surface area contributed by atoms with Crippen LogP contribution in [0.25, 0.3) is 0 Å². The van der Waals surface area contributed by atoms with Crippen molar-refractivity contribution in [2.24, 2.45) is 0 Å². The maximum atomic E-state index is 13.0. The molecule has 1 aromatic heterocycles. The largest absolute Gasteiger partial charge is 0.497 e. The Bertz CT molecular complexity index is 1260. The Labute approximate surface area is 197 Å². The summed E-state index contributed by atoms with van der Waals surface area (Å²) in [6.45, 7) is 0.222. The van der Waals surface area contributed by atoms with E-state index in [4.69, 9.17) is 4.74 Å². The molecule has 0 bridgehead atoms. The molecule has 10 nitrogen and oxygen atoms in total. The standard InChI is InChI=1S/C23H25N5O5S/c1-33-19-11-9-17(10-12-19)25-22(29)16-27-15-18(14-24-27)26-23(30)21-8-5-13-28(21)34(31,32)20-6-3-2-4-7-20/h2-4,6-7,9-12,14-15,21H,5,8,13,16H2,1H3,(H,25,29)(H,26,30). The van der Waals surface area contributed by atoms with E-state index in [1.54, 1.807) is 49.6 Å². The van der Waals surface area contributed by atoms with Gasteiger partial charge in [-0.05, 0) is 49.2 Å². The van der Waals surface area contributed by atoms with Crippen molar-refractivity contribution in [2.45, 2.75) is 30.3 Å². The Hall–Kier alpha value is -3.70. The zero-order valence-electron chi connectivity index (χ0n) is 18.5. The Balaban J connectivity index is 1.36. The van der Waals surface area contributed by atoms with Gasteiger partial charge >= 0.3 is 0 Å². The SMILES string of the molecule is COc1ccc(NC(=O)Cn2cc(NC(=O)C3CCCN3S(=O)(=O)c3ccccc3)cn2)cc1. The molecule has 0 saturated carbocycles. The molecule has 34 heavy (non-hydrogen) atoms. The van der Waals surface area contributed by atoms with Gasteiger partial charge in [-0.3, -0.25) is 14.3 Å². The lowest BCUT2D eigenvalue weighted by Crippen LogP contribution is -2.43. The van der Waals surface area contributed by atoms with E-state index in [2.05, 4.69) is 15.7 Å². The van der Waals surface area contributed by atoms with Gasteiger partial charge in [0.1, 0.15) is 18.3 Å². The lowest BCUT2D eigenvalue weighted by molar-refractivity contribution is -0.119. The van der Waals surface area contributed by atoms with Crippen molar-refractivity contribution >= 4 is 33.2 Å². The number of aromatic nitrogens is 2. The molecule has 1 atom stereocenters. The van der Waals surface area contributed by atoms with Gasteiger partial charge in [0, 0.05) is 18.4 Å². The second-order valence-electron chi connectivity index (χ2n) is 7.78. The van der Waals surface area contributed by atoms with Crippen LogP contribution in [0.3, 0.4) is 0 Å². The van der Waals surface area contributed by atoms with Crippen LogP contribution >= 0.6 is 0 Å². The van der Waals surface area contributed by atoms with E-state index >= 15 is 0 Å². The molecule has 178 valence electrons. The molecule has 1 aliphatic heterocycles. The predicted molar refractivity (Wildman–Crippen MR) is 126 cm³/mol.